The monoisotopic (exact) mass is 388 g/mol. The second-order valence-corrected chi connectivity index (χ2v) is 7.79. The van der Waals surface area contributed by atoms with Gasteiger partial charge in [-0.15, -0.1) is 0 Å². The Hall–Kier alpha value is -1.75. The fraction of sp³-hybridized carbons (Fsp3) is 0.696. The summed E-state index contributed by atoms with van der Waals surface area (Å²) in [4.78, 5) is 9.93. The summed E-state index contributed by atoms with van der Waals surface area (Å²) in [5.74, 6) is 3.25. The first kappa shape index (κ1) is 22.5. The highest BCUT2D eigenvalue weighted by molar-refractivity contribution is 5.80. The van der Waals surface area contributed by atoms with E-state index in [1.165, 1.54) is 18.5 Å². The first-order chi connectivity index (χ1) is 13.6. The van der Waals surface area contributed by atoms with Crippen molar-refractivity contribution in [2.24, 2.45) is 10.9 Å². The molecule has 0 radical (unpaired) electrons. The van der Waals surface area contributed by atoms with E-state index in [4.69, 9.17) is 9.73 Å². The van der Waals surface area contributed by atoms with Crippen molar-refractivity contribution in [3.63, 3.8) is 0 Å². The summed E-state index contributed by atoms with van der Waals surface area (Å²) in [6, 6.07) is 8.41. The molecule has 5 heteroatoms. The summed E-state index contributed by atoms with van der Waals surface area (Å²) < 4.78 is 5.25. The van der Waals surface area contributed by atoms with E-state index >= 15 is 0 Å². The highest BCUT2D eigenvalue weighted by Crippen LogP contribution is 2.22. The van der Waals surface area contributed by atoms with Crippen molar-refractivity contribution in [1.29, 1.82) is 0 Å². The number of aliphatic imine (C=N–C) groups is 1. The van der Waals surface area contributed by atoms with Crippen LogP contribution in [0.25, 0.3) is 0 Å². The highest BCUT2D eigenvalue weighted by Gasteiger charge is 2.25. The average Bonchev–Trinajstić information content (AvgIpc) is 3.19. The molecule has 1 aliphatic rings. The Kier molecular flexibility index (Phi) is 9.62. The van der Waals surface area contributed by atoms with Crippen LogP contribution in [-0.4, -0.2) is 68.7 Å². The molecule has 0 amide bonds. The fourth-order valence-electron chi connectivity index (χ4n) is 3.91. The number of nitrogens with one attached hydrogen (secondary N) is 1. The molecule has 28 heavy (non-hydrogen) atoms. The number of likely N-dealkylation sites (tertiary alicyclic amines) is 1. The maximum Gasteiger partial charge on any atom is 0.193 e. The predicted octanol–water partition coefficient (Wildman–Crippen LogP) is 3.82. The third kappa shape index (κ3) is 6.69. The van der Waals surface area contributed by atoms with E-state index in [9.17, 15) is 0 Å². The lowest BCUT2D eigenvalue weighted by atomic mass is 9.98. The van der Waals surface area contributed by atoms with Crippen molar-refractivity contribution in [2.75, 3.05) is 52.9 Å². The van der Waals surface area contributed by atoms with Crippen molar-refractivity contribution < 1.29 is 4.74 Å². The maximum atomic E-state index is 5.25. The van der Waals surface area contributed by atoms with Gasteiger partial charge in [0.05, 0.1) is 7.11 Å². The van der Waals surface area contributed by atoms with Gasteiger partial charge in [-0.25, -0.2) is 0 Å². The van der Waals surface area contributed by atoms with E-state index in [1.54, 1.807) is 7.11 Å². The smallest absolute Gasteiger partial charge is 0.193 e. The lowest BCUT2D eigenvalue weighted by Crippen LogP contribution is -2.41. The molecule has 1 aliphatic heterocycles. The largest absolute Gasteiger partial charge is 0.497 e. The van der Waals surface area contributed by atoms with E-state index in [1.807, 2.05) is 12.1 Å². The van der Waals surface area contributed by atoms with Gasteiger partial charge >= 0.3 is 0 Å². The van der Waals surface area contributed by atoms with Crippen LogP contribution in [0.15, 0.2) is 29.3 Å². The minimum Gasteiger partial charge on any atom is -0.497 e. The van der Waals surface area contributed by atoms with Crippen molar-refractivity contribution in [3.05, 3.63) is 29.8 Å². The van der Waals surface area contributed by atoms with E-state index in [2.05, 4.69) is 54.9 Å². The maximum absolute atomic E-state index is 5.25. The second kappa shape index (κ2) is 11.9. The Labute approximate surface area is 172 Å². The molecule has 1 aromatic carbocycles. The molecular weight excluding hydrogens is 348 g/mol. The van der Waals surface area contributed by atoms with Crippen LogP contribution in [0.4, 0.5) is 0 Å². The van der Waals surface area contributed by atoms with Gasteiger partial charge in [0.15, 0.2) is 5.96 Å². The van der Waals surface area contributed by atoms with E-state index in [0.29, 0.717) is 5.92 Å². The van der Waals surface area contributed by atoms with Crippen LogP contribution < -0.4 is 10.1 Å². The second-order valence-electron chi connectivity index (χ2n) is 7.79. The number of ether oxygens (including phenoxy) is 1. The zero-order valence-electron chi connectivity index (χ0n) is 18.6. The van der Waals surface area contributed by atoms with E-state index in [0.717, 1.165) is 63.3 Å². The first-order valence-corrected chi connectivity index (χ1v) is 11.0. The van der Waals surface area contributed by atoms with Crippen LogP contribution in [0.1, 0.15) is 52.0 Å². The average molecular weight is 389 g/mol. The van der Waals surface area contributed by atoms with Crippen LogP contribution in [0.2, 0.25) is 0 Å². The van der Waals surface area contributed by atoms with E-state index < -0.39 is 0 Å². The third-order valence-corrected chi connectivity index (χ3v) is 5.84. The van der Waals surface area contributed by atoms with Gasteiger partial charge in [-0.05, 0) is 62.4 Å². The molecular formula is C23H40N4O. The number of hydrogen-bond acceptors (Lipinski definition) is 3. The number of nitrogens with zero attached hydrogens (tertiary/aromatic N) is 3. The number of hydrogen-bond donors (Lipinski definition) is 1. The normalized spacial score (nSPS) is 18.6. The topological polar surface area (TPSA) is 40.1 Å². The van der Waals surface area contributed by atoms with Crippen LogP contribution >= 0.6 is 0 Å². The van der Waals surface area contributed by atoms with Crippen LogP contribution in [-0.2, 0) is 0 Å². The molecule has 1 saturated heterocycles. The Balaban J connectivity index is 1.87. The molecule has 158 valence electrons. The molecule has 0 aromatic heterocycles. The number of methoxy groups -OCH3 is 1. The summed E-state index contributed by atoms with van der Waals surface area (Å²) in [6.07, 6.45) is 2.32. The quantitative estimate of drug-likeness (QED) is 0.489. The van der Waals surface area contributed by atoms with Crippen molar-refractivity contribution in [2.45, 2.75) is 46.5 Å². The Morgan fingerprint density at radius 3 is 2.57 bits per heavy atom. The Bertz CT molecular complexity index is 583. The van der Waals surface area contributed by atoms with Gasteiger partial charge in [0, 0.05) is 32.7 Å². The Morgan fingerprint density at radius 1 is 1.25 bits per heavy atom. The minimum absolute atomic E-state index is 0.492. The molecule has 0 spiro atoms. The van der Waals surface area contributed by atoms with Crippen LogP contribution in [0, 0.1) is 5.92 Å². The molecule has 1 heterocycles. The molecule has 0 aliphatic carbocycles. The van der Waals surface area contributed by atoms with Crippen molar-refractivity contribution in [1.82, 2.24) is 15.1 Å². The van der Waals surface area contributed by atoms with E-state index in [-0.39, 0.29) is 0 Å². The van der Waals surface area contributed by atoms with Gasteiger partial charge in [-0.3, -0.25) is 4.99 Å². The van der Waals surface area contributed by atoms with Gasteiger partial charge < -0.3 is 19.9 Å². The third-order valence-electron chi connectivity index (χ3n) is 5.84. The SMILES string of the molecule is CCNC(=NCCC(C)c1ccc(OC)cc1)N1CCC(CN(CC)CC)C1. The van der Waals surface area contributed by atoms with Gasteiger partial charge in [0.25, 0.3) is 0 Å². The molecule has 1 N–H and O–H groups in total. The summed E-state index contributed by atoms with van der Waals surface area (Å²) >= 11 is 0. The fourth-order valence-corrected chi connectivity index (χ4v) is 3.91. The minimum atomic E-state index is 0.492. The lowest BCUT2D eigenvalue weighted by molar-refractivity contribution is 0.255. The van der Waals surface area contributed by atoms with Gasteiger partial charge in [0.2, 0.25) is 0 Å². The lowest BCUT2D eigenvalue weighted by Gasteiger charge is -2.24. The predicted molar refractivity (Wildman–Crippen MR) is 119 cm³/mol. The summed E-state index contributed by atoms with van der Waals surface area (Å²) in [7, 11) is 1.71. The molecule has 2 rings (SSSR count). The summed E-state index contributed by atoms with van der Waals surface area (Å²) in [5.41, 5.74) is 1.35. The van der Waals surface area contributed by atoms with Crippen molar-refractivity contribution >= 4 is 5.96 Å². The molecule has 5 nitrogen and oxygen atoms in total. The number of rotatable bonds is 10. The van der Waals surface area contributed by atoms with Crippen molar-refractivity contribution in [3.8, 4) is 5.75 Å². The standard InChI is InChI=1S/C23H40N4O/c1-6-24-23(27-16-14-20(18-27)17-26(7-2)8-3)25-15-13-19(4)21-9-11-22(28-5)12-10-21/h9-12,19-20H,6-8,13-18H2,1-5H3,(H,24,25). The number of guanidine groups is 1. The summed E-state index contributed by atoms with van der Waals surface area (Å²) in [5, 5.41) is 3.50. The zero-order valence-corrected chi connectivity index (χ0v) is 18.6. The van der Waals surface area contributed by atoms with Gasteiger partial charge in [-0.2, -0.15) is 0 Å². The highest BCUT2D eigenvalue weighted by atomic mass is 16.5. The zero-order chi connectivity index (χ0) is 20.4. The van der Waals surface area contributed by atoms with Crippen LogP contribution in [0.5, 0.6) is 5.75 Å². The molecule has 1 fully saturated rings. The molecule has 2 unspecified atom stereocenters. The van der Waals surface area contributed by atoms with Gasteiger partial charge in [-0.1, -0.05) is 32.9 Å². The first-order valence-electron chi connectivity index (χ1n) is 11.0. The van der Waals surface area contributed by atoms with Gasteiger partial charge in [0.1, 0.15) is 5.75 Å². The van der Waals surface area contributed by atoms with Crippen LogP contribution in [0.3, 0.4) is 0 Å². The summed E-state index contributed by atoms with van der Waals surface area (Å²) in [6.45, 7) is 16.4. The number of benzene rings is 1. The molecule has 0 saturated carbocycles. The Morgan fingerprint density at radius 2 is 1.96 bits per heavy atom. The molecule has 1 aromatic rings. The molecule has 0 bridgehead atoms. The molecule has 2 atom stereocenters.